The largest absolute Gasteiger partial charge is 0.455 e. The quantitative estimate of drug-likeness (QED) is 0.552. The number of rotatable bonds is 5. The number of nitrogens with one attached hydrogen (secondary N) is 3. The summed E-state index contributed by atoms with van der Waals surface area (Å²) in [4.78, 5) is 24.8. The first-order valence-corrected chi connectivity index (χ1v) is 10.2. The number of anilines is 1. The molecule has 4 rings (SSSR count). The molecule has 0 saturated heterocycles. The van der Waals surface area contributed by atoms with E-state index in [2.05, 4.69) is 21.4 Å². The molecule has 1 aromatic heterocycles. The van der Waals surface area contributed by atoms with Crippen LogP contribution in [0.2, 0.25) is 0 Å². The van der Waals surface area contributed by atoms with E-state index in [1.165, 1.54) is 0 Å². The van der Waals surface area contributed by atoms with E-state index in [9.17, 15) is 9.59 Å². The zero-order valence-corrected chi connectivity index (χ0v) is 17.3. The number of para-hydroxylation sites is 1. The summed E-state index contributed by atoms with van der Waals surface area (Å²) < 4.78 is 5.86. The third kappa shape index (κ3) is 4.83. The Morgan fingerprint density at radius 1 is 0.968 bits per heavy atom. The van der Waals surface area contributed by atoms with Crippen LogP contribution in [-0.4, -0.2) is 17.5 Å². The van der Waals surface area contributed by atoms with Crippen LogP contribution in [-0.2, 0) is 17.6 Å². The number of benzene rings is 2. The van der Waals surface area contributed by atoms with E-state index in [1.807, 2.05) is 67.6 Å². The van der Waals surface area contributed by atoms with Gasteiger partial charge in [0.2, 0.25) is 5.91 Å². The highest BCUT2D eigenvalue weighted by atomic mass is 16.4. The number of carbonyl (C=O) groups excluding carboxylic acids is 2. The number of fused-ring (bicyclic) bond motifs is 1. The van der Waals surface area contributed by atoms with E-state index in [4.69, 9.17) is 4.42 Å². The van der Waals surface area contributed by atoms with Gasteiger partial charge in [-0.15, -0.1) is 0 Å². The first-order chi connectivity index (χ1) is 15.1. The van der Waals surface area contributed by atoms with Gasteiger partial charge in [0, 0.05) is 17.5 Å². The number of hydrazine groups is 1. The van der Waals surface area contributed by atoms with Crippen molar-refractivity contribution in [2.24, 2.45) is 5.10 Å². The van der Waals surface area contributed by atoms with Crippen molar-refractivity contribution in [1.29, 1.82) is 0 Å². The molecule has 0 spiro atoms. The maximum absolute atomic E-state index is 12.7. The number of carbonyl (C=O) groups is 2. The Labute approximate surface area is 180 Å². The molecule has 158 valence electrons. The molecule has 0 bridgehead atoms. The molecule has 1 heterocycles. The molecule has 0 fully saturated rings. The number of hydrazone groups is 1. The van der Waals surface area contributed by atoms with E-state index in [1.54, 1.807) is 0 Å². The molecular weight excluding hydrogens is 392 g/mol. The number of hydrogen-bond acceptors (Lipinski definition) is 5. The fourth-order valence-corrected chi connectivity index (χ4v) is 3.65. The molecule has 0 saturated carbocycles. The molecule has 1 aliphatic carbocycles. The maximum Gasteiger partial charge on any atom is 0.305 e. The minimum atomic E-state index is -0.483. The second kappa shape index (κ2) is 9.30. The average Bonchev–Trinajstić information content (AvgIpc) is 3.14. The van der Waals surface area contributed by atoms with Crippen LogP contribution in [0.1, 0.15) is 45.8 Å². The lowest BCUT2D eigenvalue weighted by molar-refractivity contribution is -0.121. The SMILES string of the molecule is Cc1c(C(=O)NNC(=O)Cc2ccccc2)oc2c1/C(=N/Nc1ccccc1)CCC2. The first kappa shape index (κ1) is 20.4. The van der Waals surface area contributed by atoms with Crippen molar-refractivity contribution in [2.45, 2.75) is 32.6 Å². The summed E-state index contributed by atoms with van der Waals surface area (Å²) in [5.41, 5.74) is 12.2. The smallest absolute Gasteiger partial charge is 0.305 e. The standard InChI is InChI=1S/C24H24N4O3/c1-16-22-19(26-25-18-11-6-3-7-12-18)13-8-14-20(22)31-23(16)24(30)28-27-21(29)15-17-9-4-2-5-10-17/h2-7,9-12,25H,8,13-15H2,1H3,(H,27,29)(H,28,30)/b26-19+. The molecule has 0 atom stereocenters. The zero-order chi connectivity index (χ0) is 21.6. The molecular formula is C24H24N4O3. The highest BCUT2D eigenvalue weighted by Gasteiger charge is 2.28. The molecule has 3 N–H and O–H groups in total. The van der Waals surface area contributed by atoms with Gasteiger partial charge in [-0.3, -0.25) is 25.9 Å². The molecule has 7 nitrogen and oxygen atoms in total. The zero-order valence-electron chi connectivity index (χ0n) is 17.3. The number of nitrogens with zero attached hydrogens (tertiary/aromatic N) is 1. The number of aryl methyl sites for hydroxylation is 1. The summed E-state index contributed by atoms with van der Waals surface area (Å²) in [6.07, 6.45) is 2.61. The molecule has 0 aliphatic heterocycles. The summed E-state index contributed by atoms with van der Waals surface area (Å²) in [6, 6.07) is 19.0. The van der Waals surface area contributed by atoms with E-state index >= 15 is 0 Å². The minimum Gasteiger partial charge on any atom is -0.455 e. The van der Waals surface area contributed by atoms with E-state index in [0.717, 1.165) is 53.1 Å². The molecule has 31 heavy (non-hydrogen) atoms. The highest BCUT2D eigenvalue weighted by Crippen LogP contribution is 2.30. The predicted molar refractivity (Wildman–Crippen MR) is 119 cm³/mol. The van der Waals surface area contributed by atoms with Gasteiger partial charge in [0.15, 0.2) is 5.76 Å². The fraction of sp³-hybridized carbons (Fsp3) is 0.208. The molecule has 7 heteroatoms. The molecule has 0 unspecified atom stereocenters. The summed E-state index contributed by atoms with van der Waals surface area (Å²) in [7, 11) is 0. The van der Waals surface area contributed by atoms with E-state index in [-0.39, 0.29) is 18.1 Å². The topological polar surface area (TPSA) is 95.7 Å². The Morgan fingerprint density at radius 3 is 2.42 bits per heavy atom. The van der Waals surface area contributed by atoms with Gasteiger partial charge in [-0.05, 0) is 37.5 Å². The Hall–Kier alpha value is -3.87. The second-order valence-electron chi connectivity index (χ2n) is 7.41. The van der Waals surface area contributed by atoms with Gasteiger partial charge >= 0.3 is 5.91 Å². The summed E-state index contributed by atoms with van der Waals surface area (Å²) in [5.74, 6) is 0.156. The summed E-state index contributed by atoms with van der Waals surface area (Å²) in [6.45, 7) is 1.84. The van der Waals surface area contributed by atoms with Gasteiger partial charge < -0.3 is 4.42 Å². The van der Waals surface area contributed by atoms with Gasteiger partial charge in [0.05, 0.1) is 17.8 Å². The lowest BCUT2D eigenvalue weighted by Crippen LogP contribution is -2.42. The van der Waals surface area contributed by atoms with Gasteiger partial charge in [-0.1, -0.05) is 48.5 Å². The van der Waals surface area contributed by atoms with Crippen LogP contribution in [0.3, 0.4) is 0 Å². The van der Waals surface area contributed by atoms with Crippen molar-refractivity contribution in [1.82, 2.24) is 10.9 Å². The molecule has 1 aliphatic rings. The maximum atomic E-state index is 12.7. The molecule has 0 radical (unpaired) electrons. The van der Waals surface area contributed by atoms with Crippen molar-refractivity contribution >= 4 is 23.2 Å². The van der Waals surface area contributed by atoms with Crippen LogP contribution in [0.15, 0.2) is 70.2 Å². The van der Waals surface area contributed by atoms with Crippen LogP contribution in [0, 0.1) is 6.92 Å². The van der Waals surface area contributed by atoms with Crippen LogP contribution >= 0.6 is 0 Å². The highest BCUT2D eigenvalue weighted by molar-refractivity contribution is 6.06. The normalized spacial score (nSPS) is 14.0. The van der Waals surface area contributed by atoms with E-state index < -0.39 is 5.91 Å². The number of furan rings is 1. The Bertz CT molecular complexity index is 1100. The molecule has 3 aromatic rings. The van der Waals surface area contributed by atoms with E-state index in [0.29, 0.717) is 0 Å². The van der Waals surface area contributed by atoms with Gasteiger partial charge in [0.25, 0.3) is 0 Å². The van der Waals surface area contributed by atoms with Crippen LogP contribution in [0.5, 0.6) is 0 Å². The number of hydrogen-bond donors (Lipinski definition) is 3. The summed E-state index contributed by atoms with van der Waals surface area (Å²) in [5, 5.41) is 4.55. The van der Waals surface area contributed by atoms with Crippen molar-refractivity contribution in [3.8, 4) is 0 Å². The third-order valence-electron chi connectivity index (χ3n) is 5.15. The minimum absolute atomic E-state index is 0.177. The van der Waals surface area contributed by atoms with Crippen molar-refractivity contribution < 1.29 is 14.0 Å². The fourth-order valence-electron chi connectivity index (χ4n) is 3.65. The van der Waals surface area contributed by atoms with Crippen molar-refractivity contribution in [2.75, 3.05) is 5.43 Å². The van der Waals surface area contributed by atoms with Gasteiger partial charge in [-0.25, -0.2) is 0 Å². The lowest BCUT2D eigenvalue weighted by Gasteiger charge is -2.13. The molecule has 2 amide bonds. The Morgan fingerprint density at radius 2 is 1.68 bits per heavy atom. The lowest BCUT2D eigenvalue weighted by atomic mass is 9.93. The van der Waals surface area contributed by atoms with Crippen molar-refractivity contribution in [3.63, 3.8) is 0 Å². The van der Waals surface area contributed by atoms with Gasteiger partial charge in [0.1, 0.15) is 5.76 Å². The second-order valence-corrected chi connectivity index (χ2v) is 7.41. The summed E-state index contributed by atoms with van der Waals surface area (Å²) >= 11 is 0. The first-order valence-electron chi connectivity index (χ1n) is 10.2. The third-order valence-corrected chi connectivity index (χ3v) is 5.15. The Balaban J connectivity index is 1.44. The van der Waals surface area contributed by atoms with Crippen LogP contribution in [0.4, 0.5) is 5.69 Å². The monoisotopic (exact) mass is 416 g/mol. The molecule has 2 aromatic carbocycles. The van der Waals surface area contributed by atoms with Crippen molar-refractivity contribution in [3.05, 3.63) is 88.9 Å². The van der Waals surface area contributed by atoms with Crippen LogP contribution < -0.4 is 16.3 Å². The van der Waals surface area contributed by atoms with Gasteiger partial charge in [-0.2, -0.15) is 5.10 Å². The predicted octanol–water partition coefficient (Wildman–Crippen LogP) is 3.74. The number of amides is 2. The average molecular weight is 416 g/mol. The Kier molecular flexibility index (Phi) is 6.12. The van der Waals surface area contributed by atoms with Crippen LogP contribution in [0.25, 0.3) is 0 Å².